The van der Waals surface area contributed by atoms with Gasteiger partial charge in [0.25, 0.3) is 10.0 Å². The third-order valence-corrected chi connectivity index (χ3v) is 4.23. The van der Waals surface area contributed by atoms with Gasteiger partial charge in [0.2, 0.25) is 0 Å². The summed E-state index contributed by atoms with van der Waals surface area (Å²) in [6, 6.07) is 7.40. The lowest BCUT2D eigenvalue weighted by atomic mass is 10.3. The van der Waals surface area contributed by atoms with Crippen LogP contribution in [0.3, 0.4) is 0 Å². The van der Waals surface area contributed by atoms with Crippen molar-refractivity contribution in [2.75, 3.05) is 17.6 Å². The van der Waals surface area contributed by atoms with Gasteiger partial charge >= 0.3 is 0 Å². The number of pyridine rings is 1. The normalized spacial score (nSPS) is 11.1. The van der Waals surface area contributed by atoms with Crippen LogP contribution in [-0.4, -0.2) is 20.5 Å². The van der Waals surface area contributed by atoms with Gasteiger partial charge in [-0.1, -0.05) is 11.6 Å². The number of hydrogen-bond acceptors (Lipinski definition) is 5. The maximum Gasteiger partial charge on any atom is 0.265 e. The highest BCUT2D eigenvalue weighted by atomic mass is 35.5. The molecule has 1 heterocycles. The third-order valence-electron chi connectivity index (χ3n) is 2.49. The molecule has 0 spiro atoms. The van der Waals surface area contributed by atoms with Crippen molar-refractivity contribution in [1.29, 1.82) is 0 Å². The van der Waals surface area contributed by atoms with Crippen molar-refractivity contribution in [2.24, 2.45) is 0 Å². The molecule has 0 amide bonds. The number of methoxy groups -OCH3 is 1. The second kappa shape index (κ2) is 5.56. The summed E-state index contributed by atoms with van der Waals surface area (Å²) < 4.78 is 31.8. The molecule has 0 saturated heterocycles. The van der Waals surface area contributed by atoms with E-state index < -0.39 is 10.0 Å². The standard InChI is InChI=1S/C12H12ClN3O3S/c1-19-10-7-8(4-5-9(10)13)16-20(17,18)11-3-2-6-15-12(11)14/h2-7,16H,1H3,(H2,14,15). The van der Waals surface area contributed by atoms with Crippen molar-refractivity contribution >= 4 is 33.1 Å². The number of benzene rings is 1. The summed E-state index contributed by atoms with van der Waals surface area (Å²) in [5.41, 5.74) is 5.88. The van der Waals surface area contributed by atoms with Gasteiger partial charge in [0.1, 0.15) is 16.5 Å². The Morgan fingerprint density at radius 3 is 2.75 bits per heavy atom. The molecule has 0 bridgehead atoms. The van der Waals surface area contributed by atoms with E-state index >= 15 is 0 Å². The molecule has 0 aliphatic rings. The number of nitrogens with one attached hydrogen (secondary N) is 1. The van der Waals surface area contributed by atoms with Crippen LogP contribution in [-0.2, 0) is 10.0 Å². The lowest BCUT2D eigenvalue weighted by Gasteiger charge is -2.11. The molecule has 0 atom stereocenters. The fourth-order valence-electron chi connectivity index (χ4n) is 1.56. The molecular formula is C12H12ClN3O3S. The van der Waals surface area contributed by atoms with Crippen molar-refractivity contribution < 1.29 is 13.2 Å². The van der Waals surface area contributed by atoms with E-state index in [1.165, 1.54) is 43.6 Å². The van der Waals surface area contributed by atoms with Crippen molar-refractivity contribution in [1.82, 2.24) is 4.98 Å². The average Bonchev–Trinajstić information content (AvgIpc) is 2.41. The minimum absolute atomic E-state index is 0.0686. The van der Waals surface area contributed by atoms with Crippen LogP contribution in [0.1, 0.15) is 0 Å². The number of halogens is 1. The maximum absolute atomic E-state index is 12.2. The van der Waals surface area contributed by atoms with Crippen LogP contribution < -0.4 is 15.2 Å². The third kappa shape index (κ3) is 2.94. The van der Waals surface area contributed by atoms with Gasteiger partial charge in [-0.3, -0.25) is 4.72 Å². The predicted octanol–water partition coefficient (Wildman–Crippen LogP) is 2.13. The SMILES string of the molecule is COc1cc(NS(=O)(=O)c2cccnc2N)ccc1Cl. The van der Waals surface area contributed by atoms with E-state index in [9.17, 15) is 8.42 Å². The van der Waals surface area contributed by atoms with Gasteiger partial charge in [0, 0.05) is 12.3 Å². The number of aromatic nitrogens is 1. The monoisotopic (exact) mass is 313 g/mol. The largest absolute Gasteiger partial charge is 0.495 e. The summed E-state index contributed by atoms with van der Waals surface area (Å²) in [4.78, 5) is 3.66. The molecule has 0 aliphatic carbocycles. The highest BCUT2D eigenvalue weighted by molar-refractivity contribution is 7.92. The van der Waals surface area contributed by atoms with E-state index in [4.69, 9.17) is 22.1 Å². The Hall–Kier alpha value is -1.99. The van der Waals surface area contributed by atoms with Crippen molar-refractivity contribution in [3.05, 3.63) is 41.6 Å². The first-order valence-corrected chi connectivity index (χ1v) is 7.37. The van der Waals surface area contributed by atoms with Gasteiger partial charge in [0.15, 0.2) is 0 Å². The second-order valence-corrected chi connectivity index (χ2v) is 5.90. The predicted molar refractivity (Wildman–Crippen MR) is 77.5 cm³/mol. The summed E-state index contributed by atoms with van der Waals surface area (Å²) >= 11 is 5.88. The fraction of sp³-hybridized carbons (Fsp3) is 0.0833. The number of nitrogen functional groups attached to an aromatic ring is 1. The lowest BCUT2D eigenvalue weighted by molar-refractivity contribution is 0.415. The Bertz CT molecular complexity index is 734. The van der Waals surface area contributed by atoms with Crippen LogP contribution in [0.4, 0.5) is 11.5 Å². The Balaban J connectivity index is 2.36. The topological polar surface area (TPSA) is 94.3 Å². The minimum atomic E-state index is -3.82. The summed E-state index contributed by atoms with van der Waals surface area (Å²) in [5.74, 6) is 0.298. The molecule has 8 heteroatoms. The Kier molecular flexibility index (Phi) is 4.01. The number of ether oxygens (including phenoxy) is 1. The first kappa shape index (κ1) is 14.4. The van der Waals surface area contributed by atoms with Gasteiger partial charge in [-0.25, -0.2) is 13.4 Å². The Morgan fingerprint density at radius 1 is 1.35 bits per heavy atom. The van der Waals surface area contributed by atoms with Gasteiger partial charge in [-0.2, -0.15) is 0 Å². The van der Waals surface area contributed by atoms with E-state index in [1.54, 1.807) is 0 Å². The van der Waals surface area contributed by atoms with Crippen molar-refractivity contribution in [3.63, 3.8) is 0 Å². The van der Waals surface area contributed by atoms with Gasteiger partial charge < -0.3 is 10.5 Å². The zero-order chi connectivity index (χ0) is 14.8. The van der Waals surface area contributed by atoms with Gasteiger partial charge in [-0.05, 0) is 24.3 Å². The molecule has 20 heavy (non-hydrogen) atoms. The molecule has 0 radical (unpaired) electrons. The van der Waals surface area contributed by atoms with E-state index in [-0.39, 0.29) is 10.7 Å². The molecule has 0 fully saturated rings. The molecule has 1 aromatic heterocycles. The summed E-state index contributed by atoms with van der Waals surface area (Å²) in [5, 5.41) is 0.385. The minimum Gasteiger partial charge on any atom is -0.495 e. The molecule has 2 rings (SSSR count). The summed E-state index contributed by atoms with van der Waals surface area (Å²) in [6.07, 6.45) is 1.42. The average molecular weight is 314 g/mol. The van der Waals surface area contributed by atoms with Crippen molar-refractivity contribution in [3.8, 4) is 5.75 Å². The molecule has 0 unspecified atom stereocenters. The number of sulfonamides is 1. The zero-order valence-electron chi connectivity index (χ0n) is 10.5. The van der Waals surface area contributed by atoms with Gasteiger partial charge in [-0.15, -0.1) is 0 Å². The molecular weight excluding hydrogens is 302 g/mol. The van der Waals surface area contributed by atoms with E-state index in [1.807, 2.05) is 0 Å². The number of nitrogens with two attached hydrogens (primary N) is 1. The van der Waals surface area contributed by atoms with Crippen molar-refractivity contribution in [2.45, 2.75) is 4.90 Å². The number of anilines is 2. The fourth-order valence-corrected chi connectivity index (χ4v) is 2.89. The highest BCUT2D eigenvalue weighted by Gasteiger charge is 2.18. The van der Waals surface area contributed by atoms with E-state index in [0.717, 1.165) is 0 Å². The Labute approximate surface area is 121 Å². The van der Waals surface area contributed by atoms with Gasteiger partial charge in [0.05, 0.1) is 17.8 Å². The van der Waals surface area contributed by atoms with Crippen LogP contribution in [0.2, 0.25) is 5.02 Å². The number of hydrogen-bond donors (Lipinski definition) is 2. The number of rotatable bonds is 4. The number of nitrogens with zero attached hydrogens (tertiary/aromatic N) is 1. The molecule has 0 aliphatic heterocycles. The zero-order valence-corrected chi connectivity index (χ0v) is 12.1. The molecule has 0 saturated carbocycles. The van der Waals surface area contributed by atoms with E-state index in [0.29, 0.717) is 16.5 Å². The molecule has 2 aromatic rings. The highest BCUT2D eigenvalue weighted by Crippen LogP contribution is 2.29. The quantitative estimate of drug-likeness (QED) is 0.901. The second-order valence-electron chi connectivity index (χ2n) is 3.84. The van der Waals surface area contributed by atoms with Crippen LogP contribution >= 0.6 is 11.6 Å². The van der Waals surface area contributed by atoms with Crippen LogP contribution in [0.15, 0.2) is 41.4 Å². The molecule has 3 N–H and O–H groups in total. The smallest absolute Gasteiger partial charge is 0.265 e. The van der Waals surface area contributed by atoms with Crippen LogP contribution in [0.25, 0.3) is 0 Å². The van der Waals surface area contributed by atoms with Crippen LogP contribution in [0.5, 0.6) is 5.75 Å². The van der Waals surface area contributed by atoms with E-state index in [2.05, 4.69) is 9.71 Å². The summed E-state index contributed by atoms with van der Waals surface area (Å²) in [7, 11) is -2.37. The molecule has 6 nitrogen and oxygen atoms in total. The first-order valence-electron chi connectivity index (χ1n) is 5.51. The summed E-state index contributed by atoms with van der Waals surface area (Å²) in [6.45, 7) is 0. The lowest BCUT2D eigenvalue weighted by Crippen LogP contribution is -2.15. The molecule has 106 valence electrons. The maximum atomic E-state index is 12.2. The van der Waals surface area contributed by atoms with Crippen LogP contribution in [0, 0.1) is 0 Å². The Morgan fingerprint density at radius 2 is 2.10 bits per heavy atom. The first-order chi connectivity index (χ1) is 9.44. The molecule has 1 aromatic carbocycles.